The summed E-state index contributed by atoms with van der Waals surface area (Å²) in [5.41, 5.74) is 0. The molecule has 0 aliphatic carbocycles. The summed E-state index contributed by atoms with van der Waals surface area (Å²) in [6.07, 6.45) is 4.33. The molecule has 0 saturated heterocycles. The summed E-state index contributed by atoms with van der Waals surface area (Å²) < 4.78 is 0. The van der Waals surface area contributed by atoms with Gasteiger partial charge in [-0.3, -0.25) is 10.1 Å². The zero-order valence-electron chi connectivity index (χ0n) is 10.0. The Kier molecular flexibility index (Phi) is 7.41. The first kappa shape index (κ1) is 15.2. The highest BCUT2D eigenvalue weighted by atomic mass is 16.4. The summed E-state index contributed by atoms with van der Waals surface area (Å²) in [6.45, 7) is 3.89. The lowest BCUT2D eigenvalue weighted by Crippen LogP contribution is -2.42. The lowest BCUT2D eigenvalue weighted by molar-refractivity contribution is -0.131. The van der Waals surface area contributed by atoms with Crippen LogP contribution in [-0.2, 0) is 9.59 Å². The Balaban J connectivity index is 3.93. The predicted molar refractivity (Wildman–Crippen MR) is 62.4 cm³/mol. The van der Waals surface area contributed by atoms with Gasteiger partial charge in [-0.15, -0.1) is 0 Å². The number of carbonyl (C=O) groups excluding carboxylic acids is 2. The molecule has 1 unspecified atom stereocenters. The molecule has 0 spiro atoms. The first-order chi connectivity index (χ1) is 7.95. The van der Waals surface area contributed by atoms with E-state index in [0.29, 0.717) is 6.08 Å². The molecule has 0 aromatic heterocycles. The van der Waals surface area contributed by atoms with E-state index in [-0.39, 0.29) is 6.04 Å². The molecule has 0 fully saturated rings. The van der Waals surface area contributed by atoms with Crippen molar-refractivity contribution in [2.45, 2.75) is 39.2 Å². The van der Waals surface area contributed by atoms with Gasteiger partial charge in [0.15, 0.2) is 0 Å². The maximum Gasteiger partial charge on any atom is 0.328 e. The van der Waals surface area contributed by atoms with Crippen LogP contribution in [-0.4, -0.2) is 29.1 Å². The van der Waals surface area contributed by atoms with Crippen molar-refractivity contribution in [3.63, 3.8) is 0 Å². The first-order valence-corrected chi connectivity index (χ1v) is 5.48. The molecule has 0 rings (SSSR count). The summed E-state index contributed by atoms with van der Waals surface area (Å²) in [6, 6.07) is -0.639. The van der Waals surface area contributed by atoms with Crippen molar-refractivity contribution < 1.29 is 19.5 Å². The Labute approximate surface area is 100 Å². The van der Waals surface area contributed by atoms with Crippen molar-refractivity contribution >= 4 is 17.9 Å². The topological polar surface area (TPSA) is 95.5 Å². The largest absolute Gasteiger partial charge is 0.478 e. The number of unbranched alkanes of at least 4 members (excludes halogenated alkanes) is 1. The van der Waals surface area contributed by atoms with Gasteiger partial charge in [0.05, 0.1) is 0 Å². The van der Waals surface area contributed by atoms with E-state index in [1.165, 1.54) is 0 Å². The minimum Gasteiger partial charge on any atom is -0.478 e. The van der Waals surface area contributed by atoms with Gasteiger partial charge in [0, 0.05) is 18.2 Å². The monoisotopic (exact) mass is 242 g/mol. The van der Waals surface area contributed by atoms with Crippen LogP contribution in [0.4, 0.5) is 4.79 Å². The molecule has 0 aromatic carbocycles. The van der Waals surface area contributed by atoms with Crippen molar-refractivity contribution in [3.05, 3.63) is 12.2 Å². The van der Waals surface area contributed by atoms with Gasteiger partial charge in [0.2, 0.25) is 0 Å². The minimum absolute atomic E-state index is 0.0220. The highest BCUT2D eigenvalue weighted by molar-refractivity contribution is 6.02. The standard InChI is InChI=1S/C11H18N2O4/c1-3-4-5-8(2)12-11(17)13-9(14)6-7-10(15)16/h6-8H,3-5H2,1-2H3,(H,15,16)(H2,12,13,14,17). The van der Waals surface area contributed by atoms with Gasteiger partial charge in [0.25, 0.3) is 5.91 Å². The van der Waals surface area contributed by atoms with Crippen LogP contribution in [0, 0.1) is 0 Å². The molecule has 3 amide bonds. The number of imide groups is 1. The molecular formula is C11H18N2O4. The normalized spacial score (nSPS) is 12.1. The molecule has 17 heavy (non-hydrogen) atoms. The fraction of sp³-hybridized carbons (Fsp3) is 0.545. The molecule has 0 aromatic rings. The second-order valence-electron chi connectivity index (χ2n) is 3.68. The van der Waals surface area contributed by atoms with Gasteiger partial charge < -0.3 is 10.4 Å². The second-order valence-corrected chi connectivity index (χ2v) is 3.68. The molecule has 0 bridgehead atoms. The fourth-order valence-electron chi connectivity index (χ4n) is 1.14. The molecule has 6 heteroatoms. The predicted octanol–water partition coefficient (Wildman–Crippen LogP) is 1.03. The summed E-state index contributed by atoms with van der Waals surface area (Å²) in [7, 11) is 0. The van der Waals surface area contributed by atoms with Crippen LogP contribution < -0.4 is 10.6 Å². The van der Waals surface area contributed by atoms with Gasteiger partial charge in [-0.2, -0.15) is 0 Å². The average Bonchev–Trinajstić information content (AvgIpc) is 2.23. The van der Waals surface area contributed by atoms with Crippen LogP contribution in [0.2, 0.25) is 0 Å². The van der Waals surface area contributed by atoms with Crippen molar-refractivity contribution in [1.82, 2.24) is 10.6 Å². The van der Waals surface area contributed by atoms with Crippen LogP contribution in [0.25, 0.3) is 0 Å². The van der Waals surface area contributed by atoms with Gasteiger partial charge in [-0.1, -0.05) is 19.8 Å². The number of hydrogen-bond acceptors (Lipinski definition) is 3. The lowest BCUT2D eigenvalue weighted by atomic mass is 10.1. The fourth-order valence-corrected chi connectivity index (χ4v) is 1.14. The molecule has 96 valence electrons. The zero-order valence-corrected chi connectivity index (χ0v) is 10.0. The van der Waals surface area contributed by atoms with Crippen molar-refractivity contribution in [1.29, 1.82) is 0 Å². The molecule has 6 nitrogen and oxygen atoms in total. The molecule has 0 saturated carbocycles. The van der Waals surface area contributed by atoms with E-state index < -0.39 is 17.9 Å². The quantitative estimate of drug-likeness (QED) is 0.606. The number of carboxylic acids is 1. The van der Waals surface area contributed by atoms with Gasteiger partial charge >= 0.3 is 12.0 Å². The Morgan fingerprint density at radius 1 is 1.29 bits per heavy atom. The Hall–Kier alpha value is -1.85. The van der Waals surface area contributed by atoms with Gasteiger partial charge in [-0.05, 0) is 13.3 Å². The maximum absolute atomic E-state index is 11.2. The van der Waals surface area contributed by atoms with Crippen molar-refractivity contribution in [3.8, 4) is 0 Å². The molecule has 0 aliphatic heterocycles. The van der Waals surface area contributed by atoms with Crippen molar-refractivity contribution in [2.75, 3.05) is 0 Å². The molecule has 3 N–H and O–H groups in total. The number of rotatable bonds is 6. The Morgan fingerprint density at radius 3 is 2.47 bits per heavy atom. The van der Waals surface area contributed by atoms with Crippen LogP contribution in [0.15, 0.2) is 12.2 Å². The number of carbonyl (C=O) groups is 3. The summed E-state index contributed by atoms with van der Waals surface area (Å²) in [5, 5.41) is 12.9. The molecule has 1 atom stereocenters. The van der Waals surface area contributed by atoms with Gasteiger partial charge in [-0.25, -0.2) is 9.59 Å². The number of nitrogens with one attached hydrogen (secondary N) is 2. The van der Waals surface area contributed by atoms with E-state index in [2.05, 4.69) is 5.32 Å². The lowest BCUT2D eigenvalue weighted by Gasteiger charge is -2.12. The molecule has 0 radical (unpaired) electrons. The first-order valence-electron chi connectivity index (χ1n) is 5.48. The highest BCUT2D eigenvalue weighted by Gasteiger charge is 2.08. The second kappa shape index (κ2) is 8.32. The third-order valence-corrected chi connectivity index (χ3v) is 1.98. The highest BCUT2D eigenvalue weighted by Crippen LogP contribution is 1.98. The number of urea groups is 1. The molecular weight excluding hydrogens is 224 g/mol. The van der Waals surface area contributed by atoms with Gasteiger partial charge in [0.1, 0.15) is 0 Å². The van der Waals surface area contributed by atoms with Crippen LogP contribution >= 0.6 is 0 Å². The maximum atomic E-state index is 11.2. The van der Waals surface area contributed by atoms with E-state index in [0.717, 1.165) is 25.3 Å². The average molecular weight is 242 g/mol. The van der Waals surface area contributed by atoms with E-state index >= 15 is 0 Å². The van der Waals surface area contributed by atoms with E-state index in [9.17, 15) is 14.4 Å². The van der Waals surface area contributed by atoms with Crippen LogP contribution in [0.3, 0.4) is 0 Å². The van der Waals surface area contributed by atoms with E-state index in [1.807, 2.05) is 19.2 Å². The summed E-state index contributed by atoms with van der Waals surface area (Å²) in [5.74, 6) is -2.00. The number of carboxylic acid groups (broad SMARTS) is 1. The van der Waals surface area contributed by atoms with E-state index in [4.69, 9.17) is 5.11 Å². The minimum atomic E-state index is -1.24. The zero-order chi connectivity index (χ0) is 13.3. The number of hydrogen-bond donors (Lipinski definition) is 3. The number of amides is 3. The smallest absolute Gasteiger partial charge is 0.328 e. The summed E-state index contributed by atoms with van der Waals surface area (Å²) in [4.78, 5) is 32.4. The van der Waals surface area contributed by atoms with Crippen LogP contribution in [0.1, 0.15) is 33.1 Å². The van der Waals surface area contributed by atoms with E-state index in [1.54, 1.807) is 0 Å². The Bertz CT molecular complexity index is 313. The third-order valence-electron chi connectivity index (χ3n) is 1.98. The summed E-state index contributed by atoms with van der Waals surface area (Å²) >= 11 is 0. The number of aliphatic carboxylic acids is 1. The SMILES string of the molecule is CCCCC(C)NC(=O)NC(=O)C=CC(=O)O. The van der Waals surface area contributed by atoms with Crippen LogP contribution in [0.5, 0.6) is 0 Å². The molecule has 0 heterocycles. The third kappa shape index (κ3) is 9.10. The Morgan fingerprint density at radius 2 is 1.94 bits per heavy atom. The van der Waals surface area contributed by atoms with Crippen molar-refractivity contribution in [2.24, 2.45) is 0 Å². The molecule has 0 aliphatic rings.